The van der Waals surface area contributed by atoms with Crippen molar-refractivity contribution in [1.82, 2.24) is 25.1 Å². The van der Waals surface area contributed by atoms with Gasteiger partial charge in [0.15, 0.2) is 0 Å². The number of rotatable bonds is 6. The first-order valence-corrected chi connectivity index (χ1v) is 9.08. The lowest BCUT2D eigenvalue weighted by Gasteiger charge is -2.24. The number of sulfone groups is 1. The van der Waals surface area contributed by atoms with E-state index in [2.05, 4.69) is 15.5 Å². The minimum atomic E-state index is -3.12. The summed E-state index contributed by atoms with van der Waals surface area (Å²) in [7, 11) is -1.50. The summed E-state index contributed by atoms with van der Waals surface area (Å²) in [5, 5.41) is 10.9. The minimum Gasteiger partial charge on any atom is -0.342 e. The molecule has 0 saturated heterocycles. The number of carbonyl (C=O) groups excluding carboxylic acids is 1. The van der Waals surface area contributed by atoms with E-state index in [-0.39, 0.29) is 24.1 Å². The molecular formula is C14H19N5O3S. The van der Waals surface area contributed by atoms with E-state index in [1.54, 1.807) is 14.0 Å². The van der Waals surface area contributed by atoms with E-state index >= 15 is 0 Å². The van der Waals surface area contributed by atoms with E-state index in [0.717, 1.165) is 11.3 Å². The lowest BCUT2D eigenvalue weighted by atomic mass is 10.1. The van der Waals surface area contributed by atoms with Crippen LogP contribution >= 0.6 is 0 Å². The Balaban J connectivity index is 2.00. The van der Waals surface area contributed by atoms with Gasteiger partial charge in [0, 0.05) is 19.3 Å². The summed E-state index contributed by atoms with van der Waals surface area (Å²) in [5.41, 5.74) is 1.63. The SMILES string of the molecule is CC(CS(C)(=O)=O)N(C)C(=O)Cc1ccc(-n2cnnn2)cc1. The Labute approximate surface area is 135 Å². The van der Waals surface area contributed by atoms with Crippen molar-refractivity contribution in [2.75, 3.05) is 19.1 Å². The Morgan fingerprint density at radius 2 is 1.96 bits per heavy atom. The molecule has 1 amide bonds. The van der Waals surface area contributed by atoms with Gasteiger partial charge in [0.05, 0.1) is 17.9 Å². The highest BCUT2D eigenvalue weighted by Crippen LogP contribution is 2.10. The van der Waals surface area contributed by atoms with Crippen LogP contribution in [-0.2, 0) is 21.1 Å². The topological polar surface area (TPSA) is 98.1 Å². The van der Waals surface area contributed by atoms with Crippen molar-refractivity contribution in [3.63, 3.8) is 0 Å². The van der Waals surface area contributed by atoms with Gasteiger partial charge in [-0.2, -0.15) is 0 Å². The number of benzene rings is 1. The molecule has 0 spiro atoms. The van der Waals surface area contributed by atoms with Crippen molar-refractivity contribution in [2.45, 2.75) is 19.4 Å². The molecule has 0 fully saturated rings. The van der Waals surface area contributed by atoms with Crippen molar-refractivity contribution in [3.8, 4) is 5.69 Å². The molecule has 8 nitrogen and oxygen atoms in total. The van der Waals surface area contributed by atoms with E-state index in [1.165, 1.54) is 22.2 Å². The van der Waals surface area contributed by atoms with Crippen molar-refractivity contribution in [2.24, 2.45) is 0 Å². The summed E-state index contributed by atoms with van der Waals surface area (Å²) in [6.07, 6.45) is 2.86. The Morgan fingerprint density at radius 3 is 2.48 bits per heavy atom. The average molecular weight is 337 g/mol. The molecule has 1 heterocycles. The fourth-order valence-corrected chi connectivity index (χ4v) is 3.24. The summed E-state index contributed by atoms with van der Waals surface area (Å²) >= 11 is 0. The average Bonchev–Trinajstić information content (AvgIpc) is 2.99. The van der Waals surface area contributed by atoms with Crippen molar-refractivity contribution in [3.05, 3.63) is 36.2 Å². The van der Waals surface area contributed by atoms with Crippen LogP contribution in [0, 0.1) is 0 Å². The third-order valence-electron chi connectivity index (χ3n) is 3.50. The number of carbonyl (C=O) groups is 1. The molecule has 1 unspecified atom stereocenters. The molecule has 0 bridgehead atoms. The molecule has 0 aliphatic heterocycles. The summed E-state index contributed by atoms with van der Waals surface area (Å²) in [6, 6.07) is 6.92. The van der Waals surface area contributed by atoms with Crippen LogP contribution in [0.3, 0.4) is 0 Å². The third-order valence-corrected chi connectivity index (χ3v) is 4.59. The molecule has 9 heteroatoms. The van der Waals surface area contributed by atoms with Gasteiger partial charge in [-0.25, -0.2) is 13.1 Å². The smallest absolute Gasteiger partial charge is 0.227 e. The molecule has 0 aliphatic carbocycles. The number of hydrogen-bond acceptors (Lipinski definition) is 6. The molecule has 2 rings (SSSR count). The third kappa shape index (κ3) is 4.85. The molecule has 1 aromatic carbocycles. The summed E-state index contributed by atoms with van der Waals surface area (Å²) in [4.78, 5) is 13.7. The van der Waals surface area contributed by atoms with Gasteiger partial charge in [0.1, 0.15) is 16.2 Å². The Bertz CT molecular complexity index is 756. The van der Waals surface area contributed by atoms with Gasteiger partial charge in [-0.1, -0.05) is 12.1 Å². The second kappa shape index (κ2) is 6.86. The first-order chi connectivity index (χ1) is 10.8. The first kappa shape index (κ1) is 17.1. The lowest BCUT2D eigenvalue weighted by Crippen LogP contribution is -2.40. The number of nitrogens with zero attached hydrogens (tertiary/aromatic N) is 5. The van der Waals surface area contributed by atoms with Gasteiger partial charge in [-0.3, -0.25) is 4.79 Å². The van der Waals surface area contributed by atoms with Crippen LogP contribution in [0.1, 0.15) is 12.5 Å². The predicted molar refractivity (Wildman–Crippen MR) is 84.8 cm³/mol. The van der Waals surface area contributed by atoms with Gasteiger partial charge >= 0.3 is 0 Å². The van der Waals surface area contributed by atoms with Crippen molar-refractivity contribution >= 4 is 15.7 Å². The molecule has 0 aliphatic rings. The van der Waals surface area contributed by atoms with Crippen LogP contribution in [0.4, 0.5) is 0 Å². The number of tetrazole rings is 1. The second-order valence-electron chi connectivity index (χ2n) is 5.54. The van der Waals surface area contributed by atoms with E-state index < -0.39 is 9.84 Å². The molecule has 23 heavy (non-hydrogen) atoms. The number of hydrogen-bond donors (Lipinski definition) is 0. The predicted octanol–water partition coefficient (Wildman–Crippen LogP) is 0.0963. The standard InChI is InChI=1S/C14H19N5O3S/c1-11(9-23(3,21)22)18(2)14(20)8-12-4-6-13(7-5-12)19-10-15-16-17-19/h4-7,10-11H,8-9H2,1-3H3. The maximum atomic E-state index is 12.2. The van der Waals surface area contributed by atoms with Gasteiger partial charge in [0.2, 0.25) is 5.91 Å². The van der Waals surface area contributed by atoms with Crippen LogP contribution in [0.5, 0.6) is 0 Å². The monoisotopic (exact) mass is 337 g/mol. The highest BCUT2D eigenvalue weighted by Gasteiger charge is 2.19. The molecule has 0 N–H and O–H groups in total. The van der Waals surface area contributed by atoms with Crippen molar-refractivity contribution in [1.29, 1.82) is 0 Å². The zero-order chi connectivity index (χ0) is 17.0. The number of aromatic nitrogens is 4. The Morgan fingerprint density at radius 1 is 1.30 bits per heavy atom. The highest BCUT2D eigenvalue weighted by atomic mass is 32.2. The van der Waals surface area contributed by atoms with Crippen LogP contribution in [0.25, 0.3) is 5.69 Å². The van der Waals surface area contributed by atoms with Crippen molar-refractivity contribution < 1.29 is 13.2 Å². The Kier molecular flexibility index (Phi) is 5.09. The molecule has 0 radical (unpaired) electrons. The summed E-state index contributed by atoms with van der Waals surface area (Å²) in [5.74, 6) is -0.177. The van der Waals surface area contributed by atoms with Crippen LogP contribution in [-0.4, -0.2) is 64.5 Å². The van der Waals surface area contributed by atoms with Crippen LogP contribution in [0.15, 0.2) is 30.6 Å². The quantitative estimate of drug-likeness (QED) is 0.741. The Hall–Kier alpha value is -2.29. The molecule has 124 valence electrons. The largest absolute Gasteiger partial charge is 0.342 e. The number of amides is 1. The zero-order valence-electron chi connectivity index (χ0n) is 13.2. The fourth-order valence-electron chi connectivity index (χ4n) is 2.14. The second-order valence-corrected chi connectivity index (χ2v) is 7.73. The maximum Gasteiger partial charge on any atom is 0.227 e. The lowest BCUT2D eigenvalue weighted by molar-refractivity contribution is -0.130. The normalized spacial score (nSPS) is 12.8. The molecule has 1 atom stereocenters. The maximum absolute atomic E-state index is 12.2. The first-order valence-electron chi connectivity index (χ1n) is 7.02. The molecule has 2 aromatic rings. The van der Waals surface area contributed by atoms with Crippen LogP contribution in [0.2, 0.25) is 0 Å². The van der Waals surface area contributed by atoms with Gasteiger partial charge in [0.25, 0.3) is 0 Å². The van der Waals surface area contributed by atoms with Gasteiger partial charge in [-0.15, -0.1) is 5.10 Å². The van der Waals surface area contributed by atoms with E-state index in [9.17, 15) is 13.2 Å². The van der Waals surface area contributed by atoms with E-state index in [0.29, 0.717) is 0 Å². The highest BCUT2D eigenvalue weighted by molar-refractivity contribution is 7.90. The zero-order valence-corrected chi connectivity index (χ0v) is 14.1. The van der Waals surface area contributed by atoms with Gasteiger partial charge in [-0.05, 0) is 35.0 Å². The summed E-state index contributed by atoms with van der Waals surface area (Å²) < 4.78 is 24.2. The summed E-state index contributed by atoms with van der Waals surface area (Å²) in [6.45, 7) is 1.72. The fraction of sp³-hybridized carbons (Fsp3) is 0.429. The van der Waals surface area contributed by atoms with Gasteiger partial charge < -0.3 is 4.90 Å². The minimum absolute atomic E-state index is 0.0481. The number of likely N-dealkylation sites (N-methyl/N-ethyl adjacent to an activating group) is 1. The van der Waals surface area contributed by atoms with E-state index in [1.807, 2.05) is 24.3 Å². The molecule has 0 saturated carbocycles. The molecular weight excluding hydrogens is 318 g/mol. The molecule has 1 aromatic heterocycles. The van der Waals surface area contributed by atoms with E-state index in [4.69, 9.17) is 0 Å². The van der Waals surface area contributed by atoms with Crippen LogP contribution < -0.4 is 0 Å².